The van der Waals surface area contributed by atoms with E-state index < -0.39 is 11.7 Å². The van der Waals surface area contributed by atoms with E-state index in [1.165, 1.54) is 18.5 Å². The summed E-state index contributed by atoms with van der Waals surface area (Å²) in [5.41, 5.74) is 8.82. The lowest BCUT2D eigenvalue weighted by Gasteiger charge is -2.28. The predicted molar refractivity (Wildman–Crippen MR) is 109 cm³/mol. The normalized spacial score (nSPS) is 15.7. The topological polar surface area (TPSA) is 95.9 Å². The van der Waals surface area contributed by atoms with Gasteiger partial charge in [0.2, 0.25) is 0 Å². The Morgan fingerprint density at radius 2 is 2.00 bits per heavy atom. The second kappa shape index (κ2) is 7.07. The third-order valence-electron chi connectivity index (χ3n) is 5.11. The molecule has 0 spiro atoms. The fraction of sp³-hybridized carbons (Fsp3) is 0.0909. The standard InChI is InChI=1S/C22H16FN5O2/c23-14-5-3-4-13(8-14)19-16(10-29)15-6-1-2-7-17(15)30-18(19)9-28-12-27-20-21(24)25-11-26-22(20)28/h1-8,10-12,16H,9H2,(H2,24,25,26). The van der Waals surface area contributed by atoms with Crippen molar-refractivity contribution in [3.63, 3.8) is 0 Å². The van der Waals surface area contributed by atoms with Crippen LogP contribution in [0.15, 0.2) is 66.9 Å². The van der Waals surface area contributed by atoms with Gasteiger partial charge in [-0.15, -0.1) is 0 Å². The summed E-state index contributed by atoms with van der Waals surface area (Å²) in [7, 11) is 0. The average Bonchev–Trinajstić information content (AvgIpc) is 3.17. The minimum absolute atomic E-state index is 0.234. The highest BCUT2D eigenvalue weighted by Gasteiger charge is 2.31. The van der Waals surface area contributed by atoms with E-state index in [2.05, 4.69) is 15.0 Å². The van der Waals surface area contributed by atoms with E-state index in [9.17, 15) is 9.18 Å². The van der Waals surface area contributed by atoms with Crippen LogP contribution in [-0.2, 0) is 11.3 Å². The predicted octanol–water partition coefficient (Wildman–Crippen LogP) is 3.33. The molecule has 0 saturated heterocycles. The molecule has 3 heterocycles. The molecule has 0 radical (unpaired) electrons. The summed E-state index contributed by atoms with van der Waals surface area (Å²) in [5, 5.41) is 0. The van der Waals surface area contributed by atoms with Gasteiger partial charge in [-0.05, 0) is 23.8 Å². The molecule has 0 aliphatic carbocycles. The monoisotopic (exact) mass is 401 g/mol. The van der Waals surface area contributed by atoms with Crippen LogP contribution in [0.1, 0.15) is 17.0 Å². The Bertz CT molecular complexity index is 1310. The van der Waals surface area contributed by atoms with Crippen LogP contribution in [0.3, 0.4) is 0 Å². The number of allylic oxidation sites excluding steroid dienone is 2. The van der Waals surface area contributed by atoms with Crippen molar-refractivity contribution >= 4 is 28.8 Å². The number of ether oxygens (including phenoxy) is 1. The minimum atomic E-state index is -0.596. The SMILES string of the molecule is Nc1ncnc2c1ncn2CC1=C(c2cccc(F)c2)C(C=O)c2ccccc2O1. The number of nitrogen functional groups attached to an aromatic ring is 1. The molecule has 5 rings (SSSR count). The van der Waals surface area contributed by atoms with E-state index in [-0.39, 0.29) is 12.4 Å². The van der Waals surface area contributed by atoms with Gasteiger partial charge < -0.3 is 19.8 Å². The van der Waals surface area contributed by atoms with Crippen LogP contribution in [0.5, 0.6) is 5.75 Å². The number of imidazole rings is 1. The maximum Gasteiger partial charge on any atom is 0.165 e. The number of benzene rings is 2. The first-order valence-corrected chi connectivity index (χ1v) is 9.28. The molecular weight excluding hydrogens is 385 g/mol. The molecule has 1 atom stereocenters. The zero-order chi connectivity index (χ0) is 20.7. The van der Waals surface area contributed by atoms with Crippen molar-refractivity contribution in [2.45, 2.75) is 12.5 Å². The summed E-state index contributed by atoms with van der Waals surface area (Å²) in [6, 6.07) is 13.5. The smallest absolute Gasteiger partial charge is 0.165 e. The molecule has 8 heteroatoms. The number of rotatable bonds is 4. The van der Waals surface area contributed by atoms with E-state index >= 15 is 0 Å². The van der Waals surface area contributed by atoms with Crippen molar-refractivity contribution in [2.75, 3.05) is 5.73 Å². The van der Waals surface area contributed by atoms with Gasteiger partial charge in [0, 0.05) is 11.1 Å². The number of aldehydes is 1. The fourth-order valence-electron chi connectivity index (χ4n) is 3.77. The van der Waals surface area contributed by atoms with Gasteiger partial charge in [0.05, 0.1) is 18.8 Å². The van der Waals surface area contributed by atoms with Crippen molar-refractivity contribution in [3.8, 4) is 5.75 Å². The molecule has 0 saturated carbocycles. The van der Waals surface area contributed by atoms with Crippen LogP contribution in [0.25, 0.3) is 16.7 Å². The number of fused-ring (bicyclic) bond motifs is 2. The van der Waals surface area contributed by atoms with Crippen LogP contribution in [-0.4, -0.2) is 25.8 Å². The lowest BCUT2D eigenvalue weighted by atomic mass is 9.84. The summed E-state index contributed by atoms with van der Waals surface area (Å²) < 4.78 is 22.0. The summed E-state index contributed by atoms with van der Waals surface area (Å²) in [5.74, 6) is 0.382. The van der Waals surface area contributed by atoms with Gasteiger partial charge in [-0.1, -0.05) is 30.3 Å². The molecule has 2 aromatic heterocycles. The lowest BCUT2D eigenvalue weighted by Crippen LogP contribution is -2.19. The van der Waals surface area contributed by atoms with Crippen LogP contribution in [0.4, 0.5) is 10.2 Å². The van der Waals surface area contributed by atoms with Gasteiger partial charge >= 0.3 is 0 Å². The van der Waals surface area contributed by atoms with E-state index in [1.54, 1.807) is 29.1 Å². The minimum Gasteiger partial charge on any atom is -0.459 e. The Kier molecular flexibility index (Phi) is 4.24. The van der Waals surface area contributed by atoms with Crippen LogP contribution >= 0.6 is 0 Å². The number of nitrogens with two attached hydrogens (primary N) is 1. The molecule has 0 fully saturated rings. The fourth-order valence-corrected chi connectivity index (χ4v) is 3.77. The molecule has 2 aromatic carbocycles. The second-order valence-electron chi connectivity index (χ2n) is 6.90. The molecule has 0 bridgehead atoms. The first kappa shape index (κ1) is 18.0. The molecule has 0 amide bonds. The maximum atomic E-state index is 14.0. The highest BCUT2D eigenvalue weighted by molar-refractivity contribution is 5.90. The number of para-hydroxylation sites is 1. The zero-order valence-corrected chi connectivity index (χ0v) is 15.7. The van der Waals surface area contributed by atoms with Gasteiger partial charge in [-0.25, -0.2) is 19.3 Å². The van der Waals surface area contributed by atoms with Crippen LogP contribution < -0.4 is 10.5 Å². The highest BCUT2D eigenvalue weighted by atomic mass is 19.1. The average molecular weight is 401 g/mol. The molecule has 1 aliphatic heterocycles. The number of carbonyl (C=O) groups excluding carboxylic acids is 1. The Labute approximate surface area is 170 Å². The van der Waals surface area contributed by atoms with Crippen molar-refractivity contribution in [1.82, 2.24) is 19.5 Å². The van der Waals surface area contributed by atoms with Crippen LogP contribution in [0.2, 0.25) is 0 Å². The largest absolute Gasteiger partial charge is 0.459 e. The van der Waals surface area contributed by atoms with Crippen molar-refractivity contribution < 1.29 is 13.9 Å². The number of hydrogen-bond donors (Lipinski definition) is 1. The number of hydrogen-bond acceptors (Lipinski definition) is 6. The summed E-state index contributed by atoms with van der Waals surface area (Å²) >= 11 is 0. The Morgan fingerprint density at radius 1 is 1.13 bits per heavy atom. The van der Waals surface area contributed by atoms with Gasteiger partial charge in [0.1, 0.15) is 35.5 Å². The third-order valence-corrected chi connectivity index (χ3v) is 5.11. The van der Waals surface area contributed by atoms with Crippen molar-refractivity contribution in [2.24, 2.45) is 0 Å². The van der Waals surface area contributed by atoms with Gasteiger partial charge in [-0.2, -0.15) is 0 Å². The number of halogens is 1. The Balaban J connectivity index is 1.70. The number of anilines is 1. The Morgan fingerprint density at radius 3 is 2.83 bits per heavy atom. The van der Waals surface area contributed by atoms with Gasteiger partial charge in [0.25, 0.3) is 0 Å². The highest BCUT2D eigenvalue weighted by Crippen LogP contribution is 2.43. The van der Waals surface area contributed by atoms with Gasteiger partial charge in [0.15, 0.2) is 11.5 Å². The first-order chi connectivity index (χ1) is 14.7. The zero-order valence-electron chi connectivity index (χ0n) is 15.7. The molecule has 1 aliphatic rings. The Hall–Kier alpha value is -4.07. The number of carbonyl (C=O) groups is 1. The maximum absolute atomic E-state index is 14.0. The first-order valence-electron chi connectivity index (χ1n) is 9.28. The third kappa shape index (κ3) is 2.89. The molecule has 1 unspecified atom stereocenters. The van der Waals surface area contributed by atoms with Crippen molar-refractivity contribution in [1.29, 1.82) is 0 Å². The summed E-state index contributed by atoms with van der Waals surface area (Å²) in [6.07, 6.45) is 3.81. The lowest BCUT2D eigenvalue weighted by molar-refractivity contribution is -0.108. The molecule has 7 nitrogen and oxygen atoms in total. The van der Waals surface area contributed by atoms with Crippen molar-refractivity contribution in [3.05, 3.63) is 83.9 Å². The number of aromatic nitrogens is 4. The van der Waals surface area contributed by atoms with E-state index in [0.29, 0.717) is 33.8 Å². The van der Waals surface area contributed by atoms with Crippen LogP contribution in [0, 0.1) is 5.82 Å². The van der Waals surface area contributed by atoms with E-state index in [4.69, 9.17) is 10.5 Å². The van der Waals surface area contributed by atoms with E-state index in [0.717, 1.165) is 11.8 Å². The van der Waals surface area contributed by atoms with E-state index in [1.807, 2.05) is 18.2 Å². The number of nitrogens with zero attached hydrogens (tertiary/aromatic N) is 4. The molecule has 4 aromatic rings. The quantitative estimate of drug-likeness (QED) is 0.527. The molecule has 148 valence electrons. The molecule has 30 heavy (non-hydrogen) atoms. The summed E-state index contributed by atoms with van der Waals surface area (Å²) in [4.78, 5) is 24.7. The second-order valence-corrected chi connectivity index (χ2v) is 6.90. The molecule has 2 N–H and O–H groups in total. The molecular formula is C22H16FN5O2. The van der Waals surface area contributed by atoms with Gasteiger partial charge in [-0.3, -0.25) is 0 Å². The summed E-state index contributed by atoms with van der Waals surface area (Å²) in [6.45, 7) is 0.234.